The van der Waals surface area contributed by atoms with Crippen LogP contribution in [0.25, 0.3) is 5.70 Å². The highest BCUT2D eigenvalue weighted by Crippen LogP contribution is 2.40. The maximum Gasteiger partial charge on any atom is 0.276 e. The van der Waals surface area contributed by atoms with Crippen molar-refractivity contribution < 1.29 is 14.3 Å². The van der Waals surface area contributed by atoms with Gasteiger partial charge < -0.3 is 9.47 Å². The molecule has 3 aromatic carbocycles. The zero-order chi connectivity index (χ0) is 24.5. The number of ether oxygens (including phenoxy) is 2. The minimum absolute atomic E-state index is 0.262. The van der Waals surface area contributed by atoms with E-state index >= 15 is 0 Å². The highest BCUT2D eigenvalue weighted by atomic mass is 35.5. The van der Waals surface area contributed by atoms with Crippen molar-refractivity contribution in [3.63, 3.8) is 0 Å². The normalized spacial score (nSPS) is 16.5. The van der Waals surface area contributed by atoms with Crippen LogP contribution < -0.4 is 25.4 Å². The number of nitrogens with zero attached hydrogens (tertiary/aromatic N) is 3. The largest absolute Gasteiger partial charge is 0.493 e. The molecule has 1 amide bonds. The summed E-state index contributed by atoms with van der Waals surface area (Å²) in [6, 6.07) is 18.5. The van der Waals surface area contributed by atoms with Crippen LogP contribution in [0.5, 0.6) is 11.5 Å². The van der Waals surface area contributed by atoms with Crippen molar-refractivity contribution >= 4 is 51.7 Å². The Kier molecular flexibility index (Phi) is 6.60. The lowest BCUT2D eigenvalue weighted by Crippen LogP contribution is -2.50. The van der Waals surface area contributed by atoms with Crippen LogP contribution in [0.15, 0.2) is 70.8 Å². The van der Waals surface area contributed by atoms with Crippen LogP contribution in [-0.4, -0.2) is 30.3 Å². The molecule has 2 aliphatic rings. The Morgan fingerprint density at radius 2 is 1.74 bits per heavy atom. The summed E-state index contributed by atoms with van der Waals surface area (Å²) in [5.41, 5.74) is 2.10. The fraction of sp³-hybridized carbons (Fsp3) is 0.160. The van der Waals surface area contributed by atoms with Gasteiger partial charge in [-0.25, -0.2) is 5.01 Å². The fourth-order valence-electron chi connectivity index (χ4n) is 3.90. The number of methoxy groups -OCH3 is 2. The van der Waals surface area contributed by atoms with Crippen molar-refractivity contribution in [2.45, 2.75) is 11.9 Å². The van der Waals surface area contributed by atoms with E-state index in [1.165, 1.54) is 11.8 Å². The number of amides is 1. The number of hydrogen-bond donors (Lipinski definition) is 1. The van der Waals surface area contributed by atoms with E-state index in [4.69, 9.17) is 42.8 Å². The first-order valence-corrected chi connectivity index (χ1v) is 12.4. The van der Waals surface area contributed by atoms with Crippen LogP contribution in [0.4, 0.5) is 0 Å². The number of carbonyl (C=O) groups excluding carboxylic acids is 1. The summed E-state index contributed by atoms with van der Waals surface area (Å²) in [6.45, 7) is 0. The molecule has 2 aliphatic heterocycles. The highest BCUT2D eigenvalue weighted by Gasteiger charge is 2.35. The molecule has 0 aromatic heterocycles. The average Bonchev–Trinajstić information content (AvgIpc) is 2.87. The second-order valence-electron chi connectivity index (χ2n) is 7.72. The summed E-state index contributed by atoms with van der Waals surface area (Å²) in [5, 5.41) is 12.2. The molecule has 0 radical (unpaired) electrons. The number of hydrogen-bond acceptors (Lipinski definition) is 7. The predicted octanol–water partition coefficient (Wildman–Crippen LogP) is 4.09. The van der Waals surface area contributed by atoms with Crippen LogP contribution in [0.2, 0.25) is 10.0 Å². The molecule has 1 atom stereocenters. The van der Waals surface area contributed by atoms with Crippen molar-refractivity contribution in [2.75, 3.05) is 14.2 Å². The van der Waals surface area contributed by atoms with Crippen molar-refractivity contribution in [3.8, 4) is 11.5 Å². The van der Waals surface area contributed by atoms with Gasteiger partial charge in [-0.1, -0.05) is 65.3 Å². The fourth-order valence-corrected chi connectivity index (χ4v) is 5.08. The van der Waals surface area contributed by atoms with Crippen LogP contribution in [0.1, 0.15) is 17.3 Å². The maximum absolute atomic E-state index is 13.3. The van der Waals surface area contributed by atoms with E-state index in [0.717, 1.165) is 5.56 Å². The lowest BCUT2D eigenvalue weighted by molar-refractivity contribution is -0.116. The van der Waals surface area contributed by atoms with Crippen LogP contribution in [0.3, 0.4) is 0 Å². The third kappa shape index (κ3) is 4.57. The molecule has 5 rings (SSSR count). The molecule has 3 aromatic rings. The molecule has 0 saturated heterocycles. The second-order valence-corrected chi connectivity index (χ2v) is 9.52. The van der Waals surface area contributed by atoms with Crippen molar-refractivity contribution in [3.05, 3.63) is 92.4 Å². The minimum Gasteiger partial charge on any atom is -0.493 e. The van der Waals surface area contributed by atoms with Crippen molar-refractivity contribution in [1.82, 2.24) is 10.3 Å². The summed E-state index contributed by atoms with van der Waals surface area (Å²) in [6.07, 6.45) is -0.676. The molecule has 0 bridgehead atoms. The topological polar surface area (TPSA) is 75.5 Å². The molecule has 0 unspecified atom stereocenters. The first-order valence-electron chi connectivity index (χ1n) is 10.6. The molecule has 7 nitrogen and oxygen atoms in total. The van der Waals surface area contributed by atoms with Gasteiger partial charge in [0.05, 0.1) is 24.6 Å². The van der Waals surface area contributed by atoms with Gasteiger partial charge >= 0.3 is 0 Å². The molecule has 0 saturated carbocycles. The molecule has 35 heavy (non-hydrogen) atoms. The monoisotopic (exact) mass is 526 g/mol. The molecular formula is C25H20Cl2N4O3S. The van der Waals surface area contributed by atoms with Crippen LogP contribution >= 0.6 is 35.0 Å². The van der Waals surface area contributed by atoms with Gasteiger partial charge in [0.25, 0.3) is 5.91 Å². The minimum atomic E-state index is -0.676. The van der Waals surface area contributed by atoms with E-state index in [0.29, 0.717) is 54.3 Å². The number of hydrazone groups is 1. The summed E-state index contributed by atoms with van der Waals surface area (Å²) >= 11 is 14.1. The van der Waals surface area contributed by atoms with E-state index < -0.39 is 6.17 Å². The smallest absolute Gasteiger partial charge is 0.276 e. The first kappa shape index (κ1) is 23.5. The first-order chi connectivity index (χ1) is 17.0. The quantitative estimate of drug-likeness (QED) is 0.541. The van der Waals surface area contributed by atoms with Crippen LogP contribution in [0, 0.1) is 0 Å². The Hall–Kier alpha value is -3.20. The SMILES string of the molecule is COc1cc(Cl)c([C@@H]2N=c3ccccc3=C3C(=O)NC(SCc4ccc(Cl)cc4)=NN32)cc1OC. The number of nitrogens with one attached hydrogen (secondary N) is 1. The molecule has 2 heterocycles. The molecule has 0 fully saturated rings. The summed E-state index contributed by atoms with van der Waals surface area (Å²) in [7, 11) is 3.10. The van der Waals surface area contributed by atoms with Gasteiger partial charge in [-0.05, 0) is 29.8 Å². The summed E-state index contributed by atoms with van der Waals surface area (Å²) < 4.78 is 10.9. The number of carbonyl (C=O) groups is 1. The highest BCUT2D eigenvalue weighted by molar-refractivity contribution is 8.13. The Morgan fingerprint density at radius 3 is 2.49 bits per heavy atom. The zero-order valence-electron chi connectivity index (χ0n) is 18.8. The molecule has 0 aliphatic carbocycles. The Bertz CT molecular complexity index is 1460. The van der Waals surface area contributed by atoms with E-state index in [-0.39, 0.29) is 5.91 Å². The van der Waals surface area contributed by atoms with Gasteiger partial charge in [-0.15, -0.1) is 5.10 Å². The van der Waals surface area contributed by atoms with Gasteiger partial charge in [0.15, 0.2) is 22.8 Å². The number of benzene rings is 3. The second kappa shape index (κ2) is 9.81. The molecule has 1 N–H and O–H groups in total. The number of rotatable bonds is 5. The predicted molar refractivity (Wildman–Crippen MR) is 138 cm³/mol. The van der Waals surface area contributed by atoms with E-state index in [2.05, 4.69) is 5.32 Å². The number of amidine groups is 1. The lowest BCUT2D eigenvalue weighted by atomic mass is 10.1. The van der Waals surface area contributed by atoms with Gasteiger partial charge in [0.2, 0.25) is 0 Å². The van der Waals surface area contributed by atoms with E-state index in [1.54, 1.807) is 31.4 Å². The lowest BCUT2D eigenvalue weighted by Gasteiger charge is -2.34. The Morgan fingerprint density at radius 1 is 1.03 bits per heavy atom. The average molecular weight is 527 g/mol. The Labute approximate surface area is 216 Å². The number of fused-ring (bicyclic) bond motifs is 2. The number of thioether (sulfide) groups is 1. The van der Waals surface area contributed by atoms with Crippen molar-refractivity contribution in [2.24, 2.45) is 10.1 Å². The third-order valence-corrected chi connectivity index (χ3v) is 7.10. The Balaban J connectivity index is 1.59. The molecule has 178 valence electrons. The number of para-hydroxylation sites is 1. The van der Waals surface area contributed by atoms with Gasteiger partial charge in [0.1, 0.15) is 5.70 Å². The zero-order valence-corrected chi connectivity index (χ0v) is 21.1. The summed E-state index contributed by atoms with van der Waals surface area (Å²) in [4.78, 5) is 18.2. The molecule has 10 heteroatoms. The van der Waals surface area contributed by atoms with E-state index in [1.807, 2.05) is 48.5 Å². The van der Waals surface area contributed by atoms with E-state index in [9.17, 15) is 4.79 Å². The van der Waals surface area contributed by atoms with Gasteiger partial charge in [-0.2, -0.15) is 0 Å². The standard InChI is InChI=1S/C25H20Cl2N4O3S/c1-33-20-11-17(18(27)12-21(20)34-2)23-28-19-6-4-3-5-16(19)22-24(32)29-25(30-31(22)23)35-13-14-7-9-15(26)10-8-14/h3-12,23H,13H2,1-2H3,(H,29,30,32)/t23-/m1/s1. The van der Waals surface area contributed by atoms with Crippen molar-refractivity contribution in [1.29, 1.82) is 0 Å². The number of halogens is 2. The maximum atomic E-state index is 13.3. The van der Waals surface area contributed by atoms with Gasteiger partial charge in [0, 0.05) is 27.6 Å². The molecular weight excluding hydrogens is 507 g/mol. The summed E-state index contributed by atoms with van der Waals surface area (Å²) in [5.74, 6) is 1.35. The third-order valence-electron chi connectivity index (χ3n) is 5.59. The van der Waals surface area contributed by atoms with Crippen LogP contribution in [-0.2, 0) is 10.5 Å². The molecule has 0 spiro atoms. The van der Waals surface area contributed by atoms with Gasteiger partial charge in [-0.3, -0.25) is 15.1 Å².